The summed E-state index contributed by atoms with van der Waals surface area (Å²) in [6, 6.07) is 16.3. The van der Waals surface area contributed by atoms with E-state index in [0.29, 0.717) is 18.7 Å². The molecule has 1 aromatic carbocycles. The maximum atomic E-state index is 13.0. The van der Waals surface area contributed by atoms with E-state index >= 15 is 0 Å². The summed E-state index contributed by atoms with van der Waals surface area (Å²) in [6.07, 6.45) is 3.86. The molecular weight excluding hydrogens is 432 g/mol. The Morgan fingerprint density at radius 1 is 1.12 bits per heavy atom. The molecule has 1 atom stereocenters. The van der Waals surface area contributed by atoms with Crippen LogP contribution in [0.25, 0.3) is 11.6 Å². The number of pyridine rings is 2. The molecule has 0 spiro atoms. The van der Waals surface area contributed by atoms with Gasteiger partial charge in [0.25, 0.3) is 17.4 Å². The molecule has 1 unspecified atom stereocenters. The van der Waals surface area contributed by atoms with Crippen molar-refractivity contribution >= 4 is 5.91 Å². The smallest absolute Gasteiger partial charge is 0.264 e. The number of carbonyl (C=O) groups excluding carboxylic acids is 1. The van der Waals surface area contributed by atoms with E-state index in [1.807, 2.05) is 43.3 Å². The molecule has 0 aliphatic carbocycles. The lowest BCUT2D eigenvalue weighted by atomic mass is 9.94. The first-order valence-corrected chi connectivity index (χ1v) is 10.8. The summed E-state index contributed by atoms with van der Waals surface area (Å²) < 4.78 is 7.25. The van der Waals surface area contributed by atoms with Crippen LogP contribution in [-0.2, 0) is 25.6 Å². The largest absolute Gasteiger partial charge is 0.417 e. The molecule has 0 aliphatic rings. The zero-order chi connectivity index (χ0) is 24.3. The predicted molar refractivity (Wildman–Crippen MR) is 127 cm³/mol. The average Bonchev–Trinajstić information content (AvgIpc) is 3.32. The molecule has 4 rings (SSSR count). The number of rotatable bonds is 7. The van der Waals surface area contributed by atoms with E-state index < -0.39 is 5.54 Å². The van der Waals surface area contributed by atoms with Crippen LogP contribution in [0.5, 0.6) is 0 Å². The summed E-state index contributed by atoms with van der Waals surface area (Å²) in [6.45, 7) is 2.16. The SMILES string of the molecule is CN(Cc1cccnc1)C(=O)c1cc(-c2nnc(C(C)(N)Cc3ccccc3)o2)n(C)c(=O)c1. The van der Waals surface area contributed by atoms with Gasteiger partial charge in [-0.15, -0.1) is 10.2 Å². The Kier molecular flexibility index (Phi) is 6.38. The Hall–Kier alpha value is -4.11. The van der Waals surface area contributed by atoms with E-state index in [1.165, 1.54) is 15.5 Å². The first-order valence-electron chi connectivity index (χ1n) is 10.8. The molecule has 1 amide bonds. The highest BCUT2D eigenvalue weighted by Gasteiger charge is 2.29. The number of nitrogens with zero attached hydrogens (tertiary/aromatic N) is 5. The lowest BCUT2D eigenvalue weighted by Crippen LogP contribution is -2.35. The Labute approximate surface area is 196 Å². The molecule has 3 heterocycles. The number of hydrogen-bond acceptors (Lipinski definition) is 7. The van der Waals surface area contributed by atoms with Crippen molar-refractivity contribution in [3.05, 3.63) is 99.9 Å². The molecule has 0 radical (unpaired) electrons. The van der Waals surface area contributed by atoms with Gasteiger partial charge < -0.3 is 19.6 Å². The van der Waals surface area contributed by atoms with Crippen LogP contribution >= 0.6 is 0 Å². The fraction of sp³-hybridized carbons (Fsp3) is 0.240. The Morgan fingerprint density at radius 3 is 2.56 bits per heavy atom. The van der Waals surface area contributed by atoms with E-state index in [-0.39, 0.29) is 28.8 Å². The Bertz CT molecular complexity index is 1350. The van der Waals surface area contributed by atoms with Gasteiger partial charge in [-0.2, -0.15) is 0 Å². The monoisotopic (exact) mass is 458 g/mol. The fourth-order valence-corrected chi connectivity index (χ4v) is 3.67. The number of amides is 1. The minimum absolute atomic E-state index is 0.115. The molecule has 0 bridgehead atoms. The molecule has 0 aliphatic heterocycles. The van der Waals surface area contributed by atoms with E-state index in [1.54, 1.807) is 38.6 Å². The van der Waals surface area contributed by atoms with Crippen LogP contribution in [0.15, 0.2) is 76.2 Å². The second-order valence-electron chi connectivity index (χ2n) is 8.54. The second-order valence-corrected chi connectivity index (χ2v) is 8.54. The van der Waals surface area contributed by atoms with Crippen LogP contribution in [0, 0.1) is 0 Å². The highest BCUT2D eigenvalue weighted by atomic mass is 16.4. The van der Waals surface area contributed by atoms with Gasteiger partial charge >= 0.3 is 0 Å². The van der Waals surface area contributed by atoms with Gasteiger partial charge in [0.05, 0.1) is 5.54 Å². The van der Waals surface area contributed by atoms with Crippen LogP contribution in [0.4, 0.5) is 0 Å². The Morgan fingerprint density at radius 2 is 1.85 bits per heavy atom. The minimum Gasteiger partial charge on any atom is -0.417 e. The summed E-state index contributed by atoms with van der Waals surface area (Å²) in [4.78, 5) is 31.3. The number of carbonyl (C=O) groups is 1. The van der Waals surface area contributed by atoms with Crippen molar-refractivity contribution < 1.29 is 9.21 Å². The molecule has 3 aromatic heterocycles. The van der Waals surface area contributed by atoms with Crippen molar-refractivity contribution in [1.29, 1.82) is 0 Å². The van der Waals surface area contributed by atoms with Crippen LogP contribution in [-0.4, -0.2) is 37.6 Å². The third kappa shape index (κ3) is 4.94. The fourth-order valence-electron chi connectivity index (χ4n) is 3.67. The van der Waals surface area contributed by atoms with Gasteiger partial charge in [0.15, 0.2) is 0 Å². The zero-order valence-corrected chi connectivity index (χ0v) is 19.3. The van der Waals surface area contributed by atoms with Crippen molar-refractivity contribution in [3.8, 4) is 11.6 Å². The van der Waals surface area contributed by atoms with Crippen LogP contribution < -0.4 is 11.3 Å². The molecule has 0 fully saturated rings. The third-order valence-corrected chi connectivity index (χ3v) is 5.55. The number of nitrogens with two attached hydrogens (primary N) is 1. The molecule has 0 saturated heterocycles. The predicted octanol–water partition coefficient (Wildman–Crippen LogP) is 2.52. The number of aromatic nitrogens is 4. The van der Waals surface area contributed by atoms with Gasteiger partial charge in [-0.05, 0) is 36.6 Å². The van der Waals surface area contributed by atoms with Crippen LogP contribution in [0.3, 0.4) is 0 Å². The summed E-state index contributed by atoms with van der Waals surface area (Å²) in [5.41, 5.74) is 7.68. The molecule has 9 heteroatoms. The molecule has 9 nitrogen and oxygen atoms in total. The van der Waals surface area contributed by atoms with E-state index in [2.05, 4.69) is 15.2 Å². The quantitative estimate of drug-likeness (QED) is 0.452. The molecule has 4 aromatic rings. The zero-order valence-electron chi connectivity index (χ0n) is 19.3. The van der Waals surface area contributed by atoms with Gasteiger partial charge in [-0.3, -0.25) is 14.6 Å². The lowest BCUT2D eigenvalue weighted by molar-refractivity contribution is 0.0784. The normalized spacial score (nSPS) is 12.8. The van der Waals surface area contributed by atoms with Crippen molar-refractivity contribution in [2.24, 2.45) is 12.8 Å². The third-order valence-electron chi connectivity index (χ3n) is 5.55. The van der Waals surface area contributed by atoms with Crippen LogP contribution in [0.2, 0.25) is 0 Å². The number of hydrogen-bond donors (Lipinski definition) is 1. The highest BCUT2D eigenvalue weighted by Crippen LogP contribution is 2.25. The van der Waals surface area contributed by atoms with Crippen LogP contribution in [0.1, 0.15) is 34.3 Å². The standard InChI is InChI=1S/C25H26N6O3/c1-25(26,14-17-8-5-4-6-9-17)24-29-28-22(34-24)20-12-19(13-21(32)31(20)3)23(33)30(2)16-18-10-7-11-27-15-18/h4-13,15H,14,16,26H2,1-3H3. The lowest BCUT2D eigenvalue weighted by Gasteiger charge is -2.20. The topological polar surface area (TPSA) is 120 Å². The van der Waals surface area contributed by atoms with Crippen molar-refractivity contribution in [1.82, 2.24) is 24.6 Å². The highest BCUT2D eigenvalue weighted by molar-refractivity contribution is 5.94. The van der Waals surface area contributed by atoms with Crippen molar-refractivity contribution in [3.63, 3.8) is 0 Å². The van der Waals surface area contributed by atoms with Gasteiger partial charge in [-0.25, -0.2) is 0 Å². The van der Waals surface area contributed by atoms with Gasteiger partial charge in [-0.1, -0.05) is 36.4 Å². The summed E-state index contributed by atoms with van der Waals surface area (Å²) in [7, 11) is 3.25. The molecule has 34 heavy (non-hydrogen) atoms. The average molecular weight is 459 g/mol. The van der Waals surface area contributed by atoms with Crippen molar-refractivity contribution in [2.45, 2.75) is 25.4 Å². The van der Waals surface area contributed by atoms with Gasteiger partial charge in [0.1, 0.15) is 5.69 Å². The number of benzene rings is 1. The Balaban J connectivity index is 1.61. The first kappa shape index (κ1) is 23.1. The summed E-state index contributed by atoms with van der Waals surface area (Å²) in [5.74, 6) is 0.0448. The summed E-state index contributed by atoms with van der Waals surface area (Å²) >= 11 is 0. The van der Waals surface area contributed by atoms with Gasteiger partial charge in [0.2, 0.25) is 5.89 Å². The van der Waals surface area contributed by atoms with E-state index in [4.69, 9.17) is 10.2 Å². The second kappa shape index (κ2) is 9.40. The summed E-state index contributed by atoms with van der Waals surface area (Å²) in [5, 5.41) is 8.26. The molecular formula is C25H26N6O3. The van der Waals surface area contributed by atoms with E-state index in [0.717, 1.165) is 11.1 Å². The molecule has 174 valence electrons. The maximum Gasteiger partial charge on any atom is 0.264 e. The maximum absolute atomic E-state index is 13.0. The molecule has 0 saturated carbocycles. The molecule has 2 N–H and O–H groups in total. The van der Waals surface area contributed by atoms with Gasteiger partial charge in [0, 0.05) is 44.7 Å². The minimum atomic E-state index is -0.914. The first-order chi connectivity index (χ1) is 16.2. The van der Waals surface area contributed by atoms with E-state index in [9.17, 15) is 9.59 Å². The van der Waals surface area contributed by atoms with Crippen molar-refractivity contribution in [2.75, 3.05) is 7.05 Å².